The van der Waals surface area contributed by atoms with E-state index in [0.29, 0.717) is 5.92 Å². The molecule has 0 spiro atoms. The zero-order valence-corrected chi connectivity index (χ0v) is 19.6. The molecular weight excluding hydrogens is 410 g/mol. The number of ether oxygens (including phenoxy) is 2. The summed E-state index contributed by atoms with van der Waals surface area (Å²) < 4.78 is 13.5. The number of likely N-dealkylation sites (tertiary alicyclic amines) is 1. The Morgan fingerprint density at radius 3 is 2.55 bits per heavy atom. The van der Waals surface area contributed by atoms with Crippen molar-refractivity contribution in [3.8, 4) is 33.8 Å². The van der Waals surface area contributed by atoms with Crippen LogP contribution in [0.3, 0.4) is 0 Å². The number of benzene rings is 2. The summed E-state index contributed by atoms with van der Waals surface area (Å²) in [5.41, 5.74) is 5.68. The fourth-order valence-electron chi connectivity index (χ4n) is 5.09. The van der Waals surface area contributed by atoms with Gasteiger partial charge in [0.25, 0.3) is 0 Å². The second-order valence-electron chi connectivity index (χ2n) is 9.01. The lowest BCUT2D eigenvalue weighted by atomic mass is 9.98. The number of rotatable bonds is 6. The minimum atomic E-state index is 0.640. The van der Waals surface area contributed by atoms with Crippen LogP contribution in [0.2, 0.25) is 0 Å². The predicted molar refractivity (Wildman–Crippen MR) is 134 cm³/mol. The van der Waals surface area contributed by atoms with Gasteiger partial charge in [-0.1, -0.05) is 24.3 Å². The van der Waals surface area contributed by atoms with E-state index in [1.165, 1.54) is 30.3 Å². The van der Waals surface area contributed by atoms with E-state index in [0.717, 1.165) is 46.8 Å². The summed E-state index contributed by atoms with van der Waals surface area (Å²) >= 11 is 0. The van der Waals surface area contributed by atoms with Gasteiger partial charge in [0.05, 0.1) is 19.7 Å². The van der Waals surface area contributed by atoms with Crippen LogP contribution >= 0.6 is 0 Å². The topological polar surface area (TPSA) is 39.5 Å². The summed E-state index contributed by atoms with van der Waals surface area (Å²) in [5.74, 6) is 2.41. The number of hydrogen-bond acceptors (Lipinski definition) is 4. The maximum atomic E-state index is 5.78. The minimum Gasteiger partial charge on any atom is -0.497 e. The molecule has 0 amide bonds. The average molecular weight is 442 g/mol. The first-order chi connectivity index (χ1) is 16.2. The predicted octanol–water partition coefficient (Wildman–Crippen LogP) is 5.73. The van der Waals surface area contributed by atoms with E-state index in [4.69, 9.17) is 9.47 Å². The van der Waals surface area contributed by atoms with Crippen LogP contribution in [0.15, 0.2) is 67.1 Å². The Hall–Kier alpha value is -3.31. The van der Waals surface area contributed by atoms with Crippen LogP contribution in [0.1, 0.15) is 12.8 Å². The Bertz CT molecular complexity index is 1250. The summed E-state index contributed by atoms with van der Waals surface area (Å²) in [5, 5.41) is 1.20. The Balaban J connectivity index is 1.57. The van der Waals surface area contributed by atoms with Gasteiger partial charge in [-0.05, 0) is 62.2 Å². The molecule has 0 N–H and O–H groups in total. The van der Waals surface area contributed by atoms with Crippen LogP contribution in [0.4, 0.5) is 0 Å². The van der Waals surface area contributed by atoms with Crippen molar-refractivity contribution in [2.45, 2.75) is 19.4 Å². The molecule has 5 heteroatoms. The van der Waals surface area contributed by atoms with Gasteiger partial charge in [-0.3, -0.25) is 4.98 Å². The van der Waals surface area contributed by atoms with Crippen LogP contribution in [0.5, 0.6) is 11.5 Å². The van der Waals surface area contributed by atoms with Gasteiger partial charge in [-0.15, -0.1) is 0 Å². The summed E-state index contributed by atoms with van der Waals surface area (Å²) in [6.07, 6.45) is 8.70. The molecule has 170 valence electrons. The van der Waals surface area contributed by atoms with E-state index in [2.05, 4.69) is 64.1 Å². The molecule has 2 aromatic carbocycles. The summed E-state index contributed by atoms with van der Waals surface area (Å²) in [7, 11) is 5.67. The average Bonchev–Trinajstić information content (AvgIpc) is 3.23. The minimum absolute atomic E-state index is 0.640. The molecule has 1 aliphatic rings. The highest BCUT2D eigenvalue weighted by Gasteiger charge is 2.21. The first-order valence-electron chi connectivity index (χ1n) is 11.6. The summed E-state index contributed by atoms with van der Waals surface area (Å²) in [6.45, 7) is 3.33. The lowest BCUT2D eigenvalue weighted by Gasteiger charge is -2.30. The van der Waals surface area contributed by atoms with E-state index < -0.39 is 0 Å². The van der Waals surface area contributed by atoms with Gasteiger partial charge in [0.1, 0.15) is 11.5 Å². The molecule has 5 rings (SSSR count). The molecule has 2 aromatic heterocycles. The lowest BCUT2D eigenvalue weighted by molar-refractivity contribution is 0.195. The Kier molecular flexibility index (Phi) is 6.05. The standard InChI is InChI=1S/C28H31N3O2/c1-30-13-5-6-20(17-30)18-31-19-26(25-7-4-8-27(33-3)28(25)31)23-14-22(15-29-16-23)21-9-11-24(32-2)12-10-21/h4,7-12,14-16,19-20H,5-6,13,17-18H2,1-3H3. The van der Waals surface area contributed by atoms with Gasteiger partial charge in [0, 0.05) is 53.8 Å². The van der Waals surface area contributed by atoms with Crippen LogP contribution in [0.25, 0.3) is 33.2 Å². The molecule has 4 aromatic rings. The van der Waals surface area contributed by atoms with E-state index in [1.54, 1.807) is 14.2 Å². The lowest BCUT2D eigenvalue weighted by Crippen LogP contribution is -2.33. The third-order valence-electron chi connectivity index (χ3n) is 6.73. The number of para-hydroxylation sites is 1. The van der Waals surface area contributed by atoms with Gasteiger partial charge < -0.3 is 18.9 Å². The largest absolute Gasteiger partial charge is 0.497 e. The molecule has 33 heavy (non-hydrogen) atoms. The number of fused-ring (bicyclic) bond motifs is 1. The Morgan fingerprint density at radius 2 is 1.79 bits per heavy atom. The third kappa shape index (κ3) is 4.33. The van der Waals surface area contributed by atoms with E-state index in [1.807, 2.05) is 24.5 Å². The normalized spacial score (nSPS) is 16.8. The van der Waals surface area contributed by atoms with Crippen LogP contribution in [-0.4, -0.2) is 48.8 Å². The fourth-order valence-corrected chi connectivity index (χ4v) is 5.09. The molecule has 0 saturated carbocycles. The van der Waals surface area contributed by atoms with Gasteiger partial charge >= 0.3 is 0 Å². The molecule has 1 aliphatic heterocycles. The molecule has 1 saturated heterocycles. The molecule has 1 atom stereocenters. The summed E-state index contributed by atoms with van der Waals surface area (Å²) in [6, 6.07) is 16.7. The quantitative estimate of drug-likeness (QED) is 0.383. The van der Waals surface area contributed by atoms with E-state index in [-0.39, 0.29) is 0 Å². The van der Waals surface area contributed by atoms with Crippen molar-refractivity contribution in [2.75, 3.05) is 34.4 Å². The van der Waals surface area contributed by atoms with Crippen LogP contribution in [0, 0.1) is 5.92 Å². The second kappa shape index (κ2) is 9.28. The molecule has 0 bridgehead atoms. The Morgan fingerprint density at radius 1 is 0.970 bits per heavy atom. The molecule has 0 radical (unpaired) electrons. The maximum Gasteiger partial charge on any atom is 0.143 e. The monoisotopic (exact) mass is 441 g/mol. The fraction of sp³-hybridized carbons (Fsp3) is 0.321. The maximum absolute atomic E-state index is 5.78. The molecule has 1 fully saturated rings. The highest BCUT2D eigenvalue weighted by atomic mass is 16.5. The number of pyridine rings is 1. The molecular formula is C28H31N3O2. The van der Waals surface area contributed by atoms with Crippen molar-refractivity contribution in [1.82, 2.24) is 14.5 Å². The van der Waals surface area contributed by atoms with Crippen molar-refractivity contribution in [3.63, 3.8) is 0 Å². The first-order valence-corrected chi connectivity index (χ1v) is 11.6. The zero-order valence-electron chi connectivity index (χ0n) is 19.6. The van der Waals surface area contributed by atoms with Crippen molar-refractivity contribution < 1.29 is 9.47 Å². The number of nitrogens with zero attached hydrogens (tertiary/aromatic N) is 3. The highest BCUT2D eigenvalue weighted by molar-refractivity contribution is 5.99. The smallest absolute Gasteiger partial charge is 0.143 e. The van der Waals surface area contributed by atoms with Gasteiger partial charge in [0.15, 0.2) is 0 Å². The van der Waals surface area contributed by atoms with Crippen molar-refractivity contribution >= 4 is 10.9 Å². The van der Waals surface area contributed by atoms with Crippen molar-refractivity contribution in [1.29, 1.82) is 0 Å². The highest BCUT2D eigenvalue weighted by Crippen LogP contribution is 2.37. The Labute approximate surface area is 195 Å². The number of piperidine rings is 1. The van der Waals surface area contributed by atoms with Gasteiger partial charge in [-0.2, -0.15) is 0 Å². The first kappa shape index (κ1) is 21.5. The van der Waals surface area contributed by atoms with Crippen molar-refractivity contribution in [2.24, 2.45) is 5.92 Å². The number of aromatic nitrogens is 2. The van der Waals surface area contributed by atoms with E-state index in [9.17, 15) is 0 Å². The van der Waals surface area contributed by atoms with Gasteiger partial charge in [0.2, 0.25) is 0 Å². The number of methoxy groups -OCH3 is 2. The molecule has 3 heterocycles. The molecule has 5 nitrogen and oxygen atoms in total. The second-order valence-corrected chi connectivity index (χ2v) is 9.01. The van der Waals surface area contributed by atoms with E-state index >= 15 is 0 Å². The zero-order chi connectivity index (χ0) is 22.8. The SMILES string of the molecule is COc1ccc(-c2cncc(-c3cn(CC4CCCN(C)C4)c4c(OC)cccc34)c2)cc1. The third-order valence-corrected chi connectivity index (χ3v) is 6.73. The van der Waals surface area contributed by atoms with Gasteiger partial charge in [-0.25, -0.2) is 0 Å². The van der Waals surface area contributed by atoms with Crippen molar-refractivity contribution in [3.05, 3.63) is 67.1 Å². The van der Waals surface area contributed by atoms with Crippen LogP contribution < -0.4 is 9.47 Å². The summed E-state index contributed by atoms with van der Waals surface area (Å²) in [4.78, 5) is 7.03. The van der Waals surface area contributed by atoms with Crippen LogP contribution in [-0.2, 0) is 6.54 Å². The molecule has 1 unspecified atom stereocenters. The molecule has 0 aliphatic carbocycles. The number of hydrogen-bond donors (Lipinski definition) is 0.